The van der Waals surface area contributed by atoms with Crippen molar-refractivity contribution in [3.8, 4) is 0 Å². The first-order valence-corrected chi connectivity index (χ1v) is 8.18. The van der Waals surface area contributed by atoms with E-state index in [0.717, 1.165) is 0 Å². The number of furan rings is 1. The van der Waals surface area contributed by atoms with E-state index in [0.29, 0.717) is 29.9 Å². The van der Waals surface area contributed by atoms with Gasteiger partial charge in [-0.2, -0.15) is 0 Å². The van der Waals surface area contributed by atoms with Crippen molar-refractivity contribution in [3.05, 3.63) is 53.2 Å². The van der Waals surface area contributed by atoms with Crippen molar-refractivity contribution in [2.75, 3.05) is 0 Å². The van der Waals surface area contributed by atoms with Crippen molar-refractivity contribution in [2.45, 2.75) is 37.1 Å². The maximum Gasteiger partial charge on any atom is 0.244 e. The fourth-order valence-electron chi connectivity index (χ4n) is 2.59. The Morgan fingerprint density at radius 2 is 1.90 bits per heavy atom. The van der Waals surface area contributed by atoms with Gasteiger partial charge in [-0.1, -0.05) is 18.2 Å². The Morgan fingerprint density at radius 3 is 2.43 bits per heavy atom. The Labute approximate surface area is 123 Å². The fraction of sp³-hybridized carbons (Fsp3) is 0.333. The van der Waals surface area contributed by atoms with Crippen molar-refractivity contribution in [3.63, 3.8) is 0 Å². The molecule has 1 heterocycles. The highest BCUT2D eigenvalue weighted by Gasteiger charge is 2.49. The topological polar surface area (TPSA) is 59.3 Å². The van der Waals surface area contributed by atoms with Gasteiger partial charge in [-0.15, -0.1) is 0 Å². The molecule has 2 aromatic rings. The molecule has 4 nitrogen and oxygen atoms in total. The summed E-state index contributed by atoms with van der Waals surface area (Å²) in [5, 5.41) is 0. The van der Waals surface area contributed by atoms with Crippen LogP contribution in [0.5, 0.6) is 0 Å². The van der Waals surface area contributed by atoms with Gasteiger partial charge in [0.1, 0.15) is 22.2 Å². The smallest absolute Gasteiger partial charge is 0.244 e. The molecular weight excluding hydrogens is 293 g/mol. The van der Waals surface area contributed by atoms with Crippen LogP contribution >= 0.6 is 0 Å². The quantitative estimate of drug-likeness (QED) is 0.944. The van der Waals surface area contributed by atoms with E-state index in [9.17, 15) is 12.8 Å². The van der Waals surface area contributed by atoms with Gasteiger partial charge in [0.15, 0.2) is 0 Å². The van der Waals surface area contributed by atoms with Crippen LogP contribution in [0.2, 0.25) is 0 Å². The first-order valence-electron chi connectivity index (χ1n) is 6.70. The number of hydrogen-bond acceptors (Lipinski definition) is 3. The van der Waals surface area contributed by atoms with Crippen LogP contribution < -0.4 is 4.72 Å². The molecule has 0 unspecified atom stereocenters. The van der Waals surface area contributed by atoms with Gasteiger partial charge in [0, 0.05) is 5.56 Å². The van der Waals surface area contributed by atoms with E-state index in [2.05, 4.69) is 4.72 Å². The Balaban J connectivity index is 1.97. The number of halogens is 1. The lowest BCUT2D eigenvalue weighted by atomic mass is 10.1. The Morgan fingerprint density at radius 1 is 1.24 bits per heavy atom. The molecule has 0 aliphatic heterocycles. The minimum absolute atomic E-state index is 0.114. The van der Waals surface area contributed by atoms with E-state index in [4.69, 9.17) is 4.42 Å². The molecular formula is C15H16FNO3S. The normalized spacial score (nSPS) is 16.9. The molecule has 1 N–H and O–H groups in total. The van der Waals surface area contributed by atoms with Crippen molar-refractivity contribution in [2.24, 2.45) is 0 Å². The van der Waals surface area contributed by atoms with E-state index in [-0.39, 0.29) is 4.90 Å². The number of benzene rings is 1. The second-order valence-electron chi connectivity index (χ2n) is 5.44. The molecule has 0 bridgehead atoms. The molecule has 0 amide bonds. The van der Waals surface area contributed by atoms with Crippen LogP contribution in [0, 0.1) is 19.7 Å². The second kappa shape index (κ2) is 4.68. The zero-order chi connectivity index (χ0) is 15.3. The van der Waals surface area contributed by atoms with Crippen molar-refractivity contribution < 1.29 is 17.2 Å². The second-order valence-corrected chi connectivity index (χ2v) is 7.10. The van der Waals surface area contributed by atoms with Crippen LogP contribution in [0.1, 0.15) is 29.9 Å². The number of rotatable bonds is 4. The van der Waals surface area contributed by atoms with Gasteiger partial charge in [0.05, 0.1) is 5.54 Å². The standard InChI is InChI=1S/C15H16FNO3S/c1-10-9-14(11(2)20-10)21(18,19)17-15(7-8-15)12-5-3-4-6-13(12)16/h3-6,9,17H,7-8H2,1-2H3. The van der Waals surface area contributed by atoms with Gasteiger partial charge in [0.25, 0.3) is 0 Å². The molecule has 1 aromatic carbocycles. The van der Waals surface area contributed by atoms with Gasteiger partial charge in [-0.05, 0) is 38.8 Å². The maximum absolute atomic E-state index is 13.9. The van der Waals surface area contributed by atoms with Gasteiger partial charge >= 0.3 is 0 Å². The van der Waals surface area contributed by atoms with Crippen LogP contribution in [0.25, 0.3) is 0 Å². The minimum Gasteiger partial charge on any atom is -0.465 e. The van der Waals surface area contributed by atoms with Crippen LogP contribution in [0.4, 0.5) is 4.39 Å². The zero-order valence-corrected chi connectivity index (χ0v) is 12.6. The lowest BCUT2D eigenvalue weighted by Gasteiger charge is -2.18. The SMILES string of the molecule is Cc1cc(S(=O)(=O)NC2(c3ccccc3F)CC2)c(C)o1. The van der Waals surface area contributed by atoms with Gasteiger partial charge < -0.3 is 4.42 Å². The Hall–Kier alpha value is -1.66. The molecule has 0 atom stereocenters. The van der Waals surface area contributed by atoms with E-state index >= 15 is 0 Å². The number of nitrogens with one attached hydrogen (secondary N) is 1. The monoisotopic (exact) mass is 309 g/mol. The lowest BCUT2D eigenvalue weighted by molar-refractivity contribution is 0.493. The van der Waals surface area contributed by atoms with Crippen molar-refractivity contribution >= 4 is 10.0 Å². The highest BCUT2D eigenvalue weighted by Crippen LogP contribution is 2.47. The molecule has 0 radical (unpaired) electrons. The Kier molecular flexibility index (Phi) is 3.18. The van der Waals surface area contributed by atoms with E-state index < -0.39 is 21.4 Å². The third kappa shape index (κ3) is 2.49. The fourth-order valence-corrected chi connectivity index (χ4v) is 4.27. The van der Waals surface area contributed by atoms with Crippen LogP contribution in [-0.4, -0.2) is 8.42 Å². The molecule has 1 saturated carbocycles. The number of sulfonamides is 1. The average Bonchev–Trinajstić information content (AvgIpc) is 3.07. The molecule has 1 aromatic heterocycles. The predicted octanol–water partition coefficient (Wildman–Crippen LogP) is 3.00. The van der Waals surface area contributed by atoms with Gasteiger partial charge in [0.2, 0.25) is 10.0 Å². The highest BCUT2D eigenvalue weighted by molar-refractivity contribution is 7.89. The summed E-state index contributed by atoms with van der Waals surface area (Å²) in [6.07, 6.45) is 1.17. The predicted molar refractivity (Wildman–Crippen MR) is 75.8 cm³/mol. The van der Waals surface area contributed by atoms with E-state index in [1.807, 2.05) is 0 Å². The summed E-state index contributed by atoms with van der Waals surface area (Å²) in [6, 6.07) is 7.75. The molecule has 0 saturated heterocycles. The molecule has 0 spiro atoms. The summed E-state index contributed by atoms with van der Waals surface area (Å²) in [6.45, 7) is 3.29. The molecule has 6 heteroatoms. The number of hydrogen-bond donors (Lipinski definition) is 1. The average molecular weight is 309 g/mol. The first-order chi connectivity index (χ1) is 9.84. The molecule has 1 aliphatic carbocycles. The van der Waals surface area contributed by atoms with E-state index in [1.165, 1.54) is 12.1 Å². The maximum atomic E-state index is 13.9. The molecule has 21 heavy (non-hydrogen) atoms. The molecule has 112 valence electrons. The molecule has 3 rings (SSSR count). The third-order valence-corrected chi connectivity index (χ3v) is 5.40. The summed E-state index contributed by atoms with van der Waals surface area (Å²) < 4.78 is 46.9. The van der Waals surface area contributed by atoms with Gasteiger partial charge in [-0.25, -0.2) is 17.5 Å². The minimum atomic E-state index is -3.74. The zero-order valence-electron chi connectivity index (χ0n) is 11.8. The third-order valence-electron chi connectivity index (χ3n) is 3.75. The van der Waals surface area contributed by atoms with Crippen molar-refractivity contribution in [1.82, 2.24) is 4.72 Å². The summed E-state index contributed by atoms with van der Waals surface area (Å²) in [7, 11) is -3.74. The summed E-state index contributed by atoms with van der Waals surface area (Å²) in [4.78, 5) is 0.114. The van der Waals surface area contributed by atoms with Crippen molar-refractivity contribution in [1.29, 1.82) is 0 Å². The van der Waals surface area contributed by atoms with Crippen LogP contribution in [-0.2, 0) is 15.6 Å². The summed E-state index contributed by atoms with van der Waals surface area (Å²) in [5.41, 5.74) is -0.437. The largest absolute Gasteiger partial charge is 0.465 e. The van der Waals surface area contributed by atoms with E-state index in [1.54, 1.807) is 32.0 Å². The molecule has 1 fully saturated rings. The molecule has 1 aliphatic rings. The summed E-state index contributed by atoms with van der Waals surface area (Å²) in [5.74, 6) is 0.478. The summed E-state index contributed by atoms with van der Waals surface area (Å²) >= 11 is 0. The Bertz CT molecular complexity index is 791. The van der Waals surface area contributed by atoms with Crippen LogP contribution in [0.15, 0.2) is 39.6 Å². The number of aryl methyl sites for hydroxylation is 2. The van der Waals surface area contributed by atoms with Gasteiger partial charge in [-0.3, -0.25) is 0 Å². The lowest BCUT2D eigenvalue weighted by Crippen LogP contribution is -2.35. The first kappa shape index (κ1) is 14.3. The highest BCUT2D eigenvalue weighted by atomic mass is 32.2. The van der Waals surface area contributed by atoms with Crippen LogP contribution in [0.3, 0.4) is 0 Å².